The molecule has 1 heterocycles. The monoisotopic (exact) mass is 347 g/mol. The molecule has 22 heavy (non-hydrogen) atoms. The lowest BCUT2D eigenvalue weighted by Gasteiger charge is -2.35. The summed E-state index contributed by atoms with van der Waals surface area (Å²) in [6.07, 6.45) is 3.61. The van der Waals surface area contributed by atoms with Crippen LogP contribution in [0.4, 0.5) is 5.69 Å². The van der Waals surface area contributed by atoms with E-state index in [2.05, 4.69) is 16.8 Å². The van der Waals surface area contributed by atoms with E-state index in [1.54, 1.807) is 12.1 Å². The summed E-state index contributed by atoms with van der Waals surface area (Å²) >= 11 is 0. The van der Waals surface area contributed by atoms with Gasteiger partial charge in [0.05, 0.1) is 4.92 Å². The van der Waals surface area contributed by atoms with Crippen LogP contribution in [-0.4, -0.2) is 36.0 Å². The molecule has 0 aliphatic carbocycles. The highest BCUT2D eigenvalue weighted by Gasteiger charge is 2.27. The highest BCUT2D eigenvalue weighted by molar-refractivity contribution is 5.85. The topological polar surface area (TPSA) is 58.4 Å². The lowest BCUT2D eigenvalue weighted by molar-refractivity contribution is -0.386. The molecule has 2 rings (SSSR count). The van der Waals surface area contributed by atoms with E-state index in [0.29, 0.717) is 0 Å². The first kappa shape index (κ1) is 20.9. The van der Waals surface area contributed by atoms with Crippen LogP contribution in [-0.2, 0) is 0 Å². The van der Waals surface area contributed by atoms with Crippen LogP contribution in [0.5, 0.6) is 0 Å². The number of hydrogen-bond acceptors (Lipinski definition) is 4. The lowest BCUT2D eigenvalue weighted by atomic mass is 9.98. The zero-order valence-corrected chi connectivity index (χ0v) is 14.1. The van der Waals surface area contributed by atoms with Crippen molar-refractivity contribution < 1.29 is 4.92 Å². The molecular weight excluding hydrogens is 325 g/mol. The summed E-state index contributed by atoms with van der Waals surface area (Å²) in [5, 5.41) is 14.6. The zero-order chi connectivity index (χ0) is 14.4. The quantitative estimate of drug-likeness (QED) is 0.487. The number of piperazine rings is 1. The van der Waals surface area contributed by atoms with Crippen LogP contribution >= 0.6 is 24.8 Å². The Morgan fingerprint density at radius 2 is 1.95 bits per heavy atom. The summed E-state index contributed by atoms with van der Waals surface area (Å²) in [6.45, 7) is 7.48. The Morgan fingerprint density at radius 3 is 2.55 bits per heavy atom. The summed E-state index contributed by atoms with van der Waals surface area (Å²) in [5.41, 5.74) is 1.04. The zero-order valence-electron chi connectivity index (χ0n) is 12.4. The molecule has 1 N–H and O–H groups in total. The van der Waals surface area contributed by atoms with Gasteiger partial charge in [0.15, 0.2) is 0 Å². The molecule has 0 radical (unpaired) electrons. The van der Waals surface area contributed by atoms with Crippen LogP contribution < -0.4 is 5.32 Å². The summed E-state index contributed by atoms with van der Waals surface area (Å²) in [7, 11) is 0. The number of halogens is 2. The molecule has 1 saturated heterocycles. The summed E-state index contributed by atoms with van der Waals surface area (Å²) in [5.74, 6) is 0. The normalized spacial score (nSPS) is 16.0. The van der Waals surface area contributed by atoms with E-state index in [-0.39, 0.29) is 41.5 Å². The number of allylic oxidation sites excluding steroid dienone is 1. The van der Waals surface area contributed by atoms with Gasteiger partial charge in [0.25, 0.3) is 5.69 Å². The summed E-state index contributed by atoms with van der Waals surface area (Å²) in [6, 6.07) is 7.18. The summed E-state index contributed by atoms with van der Waals surface area (Å²) in [4.78, 5) is 13.3. The molecule has 1 aliphatic heterocycles. The van der Waals surface area contributed by atoms with Crippen LogP contribution in [0.25, 0.3) is 0 Å². The highest BCUT2D eigenvalue weighted by Crippen LogP contribution is 2.32. The third kappa shape index (κ3) is 5.25. The second-order valence-corrected chi connectivity index (χ2v) is 4.98. The first-order valence-electron chi connectivity index (χ1n) is 7.03. The van der Waals surface area contributed by atoms with Crippen LogP contribution in [0.2, 0.25) is 0 Å². The van der Waals surface area contributed by atoms with Gasteiger partial charge in [-0.25, -0.2) is 0 Å². The standard InChI is InChI=1S/C15H21N3O2.2ClH/c1-2-3-7-14(17-11-9-16-10-12-17)13-6-4-5-8-15(13)18(19)20;;/h2,4-6,8,14,16H,1,3,7,9-12H2;2*1H/t14-;;/m1../s1. The van der Waals surface area contributed by atoms with Crippen LogP contribution in [0, 0.1) is 10.1 Å². The van der Waals surface area contributed by atoms with Crippen molar-refractivity contribution in [1.82, 2.24) is 10.2 Å². The van der Waals surface area contributed by atoms with E-state index < -0.39 is 0 Å². The molecule has 0 saturated carbocycles. The maximum absolute atomic E-state index is 11.2. The predicted octanol–water partition coefficient (Wildman–Crippen LogP) is 3.35. The smallest absolute Gasteiger partial charge is 0.274 e. The molecule has 1 aliphatic rings. The molecule has 0 aromatic heterocycles. The molecule has 0 amide bonds. The number of nitro groups is 1. The van der Waals surface area contributed by atoms with Crippen molar-refractivity contribution in [1.29, 1.82) is 0 Å². The number of hydrogen-bond donors (Lipinski definition) is 1. The fourth-order valence-electron chi connectivity index (χ4n) is 2.74. The second kappa shape index (κ2) is 10.6. The van der Waals surface area contributed by atoms with E-state index in [0.717, 1.165) is 44.6 Å². The molecule has 1 atom stereocenters. The first-order valence-corrected chi connectivity index (χ1v) is 7.03. The Bertz CT molecular complexity index is 480. The van der Waals surface area contributed by atoms with Crippen LogP contribution in [0.1, 0.15) is 24.4 Å². The number of nitro benzene ring substituents is 1. The average molecular weight is 348 g/mol. The minimum atomic E-state index is -0.279. The molecule has 1 fully saturated rings. The van der Waals surface area contributed by atoms with Crippen molar-refractivity contribution in [2.24, 2.45) is 0 Å². The van der Waals surface area contributed by atoms with Crippen molar-refractivity contribution in [3.05, 3.63) is 52.6 Å². The predicted molar refractivity (Wildman–Crippen MR) is 94.2 cm³/mol. The third-order valence-corrected chi connectivity index (χ3v) is 3.73. The van der Waals surface area contributed by atoms with Gasteiger partial charge in [0.2, 0.25) is 0 Å². The van der Waals surface area contributed by atoms with E-state index in [1.165, 1.54) is 0 Å². The molecule has 0 bridgehead atoms. The van der Waals surface area contributed by atoms with Crippen molar-refractivity contribution in [2.75, 3.05) is 26.2 Å². The van der Waals surface area contributed by atoms with Gasteiger partial charge < -0.3 is 5.32 Å². The number of benzene rings is 1. The number of nitrogens with one attached hydrogen (secondary N) is 1. The van der Waals surface area contributed by atoms with E-state index in [1.807, 2.05) is 18.2 Å². The first-order chi connectivity index (χ1) is 9.74. The minimum Gasteiger partial charge on any atom is -0.314 e. The van der Waals surface area contributed by atoms with Gasteiger partial charge in [-0.05, 0) is 12.8 Å². The fraction of sp³-hybridized carbons (Fsp3) is 0.467. The molecule has 7 heteroatoms. The van der Waals surface area contributed by atoms with Crippen molar-refractivity contribution in [3.63, 3.8) is 0 Å². The van der Waals surface area contributed by atoms with Gasteiger partial charge in [-0.2, -0.15) is 0 Å². The maximum atomic E-state index is 11.2. The van der Waals surface area contributed by atoms with Crippen LogP contribution in [0.15, 0.2) is 36.9 Å². The molecule has 0 spiro atoms. The number of para-hydroxylation sites is 1. The van der Waals surface area contributed by atoms with E-state index in [9.17, 15) is 10.1 Å². The Kier molecular flexibility index (Phi) is 10.0. The van der Waals surface area contributed by atoms with Crippen molar-refractivity contribution in [3.8, 4) is 0 Å². The molecule has 124 valence electrons. The van der Waals surface area contributed by atoms with E-state index >= 15 is 0 Å². The summed E-state index contributed by atoms with van der Waals surface area (Å²) < 4.78 is 0. The second-order valence-electron chi connectivity index (χ2n) is 4.98. The Hall–Kier alpha value is -1.14. The van der Waals surface area contributed by atoms with Crippen molar-refractivity contribution >= 4 is 30.5 Å². The van der Waals surface area contributed by atoms with Gasteiger partial charge in [0, 0.05) is 43.9 Å². The molecule has 1 aromatic carbocycles. The SMILES string of the molecule is C=CCC[C@H](c1ccccc1[N+](=O)[O-])N1CCNCC1.Cl.Cl. The molecule has 1 aromatic rings. The minimum absolute atomic E-state index is 0. The van der Waals surface area contributed by atoms with Gasteiger partial charge >= 0.3 is 0 Å². The number of nitrogens with zero attached hydrogens (tertiary/aromatic N) is 2. The average Bonchev–Trinajstić information content (AvgIpc) is 2.49. The van der Waals surface area contributed by atoms with Gasteiger partial charge in [-0.15, -0.1) is 31.4 Å². The third-order valence-electron chi connectivity index (χ3n) is 3.73. The Balaban J connectivity index is 0.00000220. The Morgan fingerprint density at radius 1 is 1.32 bits per heavy atom. The fourth-order valence-corrected chi connectivity index (χ4v) is 2.74. The van der Waals surface area contributed by atoms with E-state index in [4.69, 9.17) is 0 Å². The highest BCUT2D eigenvalue weighted by atomic mass is 35.5. The van der Waals surface area contributed by atoms with Gasteiger partial charge in [-0.1, -0.05) is 24.3 Å². The van der Waals surface area contributed by atoms with Crippen LogP contribution in [0.3, 0.4) is 0 Å². The largest absolute Gasteiger partial charge is 0.314 e. The lowest BCUT2D eigenvalue weighted by Crippen LogP contribution is -2.45. The maximum Gasteiger partial charge on any atom is 0.274 e. The molecule has 5 nitrogen and oxygen atoms in total. The van der Waals surface area contributed by atoms with Gasteiger partial charge in [0.1, 0.15) is 0 Å². The van der Waals surface area contributed by atoms with Gasteiger partial charge in [-0.3, -0.25) is 15.0 Å². The molecule has 0 unspecified atom stereocenters. The number of rotatable bonds is 6. The Labute approximate surface area is 143 Å². The van der Waals surface area contributed by atoms with Crippen molar-refractivity contribution in [2.45, 2.75) is 18.9 Å². The molecular formula is C15H23Cl2N3O2.